The fourth-order valence-corrected chi connectivity index (χ4v) is 3.62. The van der Waals surface area contributed by atoms with Crippen molar-refractivity contribution in [3.63, 3.8) is 0 Å². The predicted molar refractivity (Wildman–Crippen MR) is 119 cm³/mol. The molecule has 3 aromatic rings. The molecule has 1 heterocycles. The summed E-state index contributed by atoms with van der Waals surface area (Å²) in [5.74, 6) is 3.05. The van der Waals surface area contributed by atoms with Crippen molar-refractivity contribution < 1.29 is 14.3 Å². The van der Waals surface area contributed by atoms with Crippen LogP contribution in [0.1, 0.15) is 26.1 Å². The number of hydrogen-bond acceptors (Lipinski definition) is 6. The van der Waals surface area contributed by atoms with Gasteiger partial charge in [-0.1, -0.05) is 24.8 Å². The summed E-state index contributed by atoms with van der Waals surface area (Å²) in [4.78, 5) is 11.3. The Morgan fingerprint density at radius 3 is 2.43 bits per heavy atom. The largest absolute Gasteiger partial charge is 0.494 e. The van der Waals surface area contributed by atoms with E-state index in [1.807, 2.05) is 60.0 Å². The fourth-order valence-electron chi connectivity index (χ4n) is 2.80. The van der Waals surface area contributed by atoms with Crippen LogP contribution in [0.25, 0.3) is 5.69 Å². The Hall–Kier alpha value is -3.00. The van der Waals surface area contributed by atoms with Gasteiger partial charge in [-0.25, -0.2) is 0 Å². The summed E-state index contributed by atoms with van der Waals surface area (Å²) in [7, 11) is 0. The average molecular weight is 427 g/mol. The topological polar surface area (TPSA) is 78.3 Å². The number of nitrogens with zero attached hydrogens (tertiary/aromatic N) is 3. The zero-order valence-electron chi connectivity index (χ0n) is 17.4. The molecule has 2 aromatic carbocycles. The molecule has 158 valence electrons. The highest BCUT2D eigenvalue weighted by atomic mass is 32.2. The Morgan fingerprint density at radius 1 is 1.07 bits per heavy atom. The summed E-state index contributed by atoms with van der Waals surface area (Å²) in [6, 6.07) is 15.3. The second-order valence-corrected chi connectivity index (χ2v) is 7.68. The molecule has 0 bridgehead atoms. The maximum Gasteiger partial charge on any atom is 0.221 e. The molecule has 0 radical (unpaired) electrons. The molecule has 7 nitrogen and oxygen atoms in total. The molecule has 0 atom stereocenters. The molecule has 1 aromatic heterocycles. The number of ether oxygens (including phenoxy) is 2. The van der Waals surface area contributed by atoms with Gasteiger partial charge in [0.05, 0.1) is 18.9 Å². The summed E-state index contributed by atoms with van der Waals surface area (Å²) in [6.45, 7) is 6.73. The molecule has 0 saturated heterocycles. The molecule has 3 rings (SSSR count). The molecule has 0 spiro atoms. The van der Waals surface area contributed by atoms with E-state index >= 15 is 0 Å². The summed E-state index contributed by atoms with van der Waals surface area (Å²) >= 11 is 1.57. The molecule has 30 heavy (non-hydrogen) atoms. The maximum absolute atomic E-state index is 11.3. The number of benzene rings is 2. The maximum atomic E-state index is 11.3. The van der Waals surface area contributed by atoms with Crippen LogP contribution in [0.5, 0.6) is 11.5 Å². The van der Waals surface area contributed by atoms with Gasteiger partial charge in [0.2, 0.25) is 5.91 Å². The van der Waals surface area contributed by atoms with Crippen molar-refractivity contribution in [1.29, 1.82) is 0 Å². The summed E-state index contributed by atoms with van der Waals surface area (Å²) in [6.07, 6.45) is 0.983. The van der Waals surface area contributed by atoms with Crippen LogP contribution in [0, 0.1) is 6.92 Å². The van der Waals surface area contributed by atoms with Gasteiger partial charge in [0.25, 0.3) is 0 Å². The zero-order valence-corrected chi connectivity index (χ0v) is 18.2. The zero-order chi connectivity index (χ0) is 21.3. The Bertz CT molecular complexity index is 973. The lowest BCUT2D eigenvalue weighted by molar-refractivity contribution is -0.114. The minimum absolute atomic E-state index is 0.107. The molecule has 0 saturated carbocycles. The van der Waals surface area contributed by atoms with Gasteiger partial charge in [-0.05, 0) is 55.8 Å². The van der Waals surface area contributed by atoms with E-state index in [0.29, 0.717) is 13.2 Å². The number of nitrogens with one attached hydrogen (secondary N) is 1. The van der Waals surface area contributed by atoms with Gasteiger partial charge >= 0.3 is 0 Å². The van der Waals surface area contributed by atoms with Crippen molar-refractivity contribution in [2.45, 2.75) is 32.3 Å². The standard InChI is InChI=1S/C22H26N4O3S/c1-4-12-28-20-8-10-21(11-9-20)29-13-14-30-22-25-24-16(2)26(22)19-7-5-6-18(15-19)23-17(3)27/h5-11,15H,4,12-14H2,1-3H3,(H,23,27). The number of rotatable bonds is 10. The van der Waals surface area contributed by atoms with Crippen molar-refractivity contribution in [3.8, 4) is 17.2 Å². The Kier molecular flexibility index (Phi) is 7.73. The van der Waals surface area contributed by atoms with Crippen molar-refractivity contribution >= 4 is 23.4 Å². The van der Waals surface area contributed by atoms with Gasteiger partial charge in [0, 0.05) is 18.4 Å². The van der Waals surface area contributed by atoms with E-state index < -0.39 is 0 Å². The molecule has 1 N–H and O–H groups in total. The van der Waals surface area contributed by atoms with Crippen molar-refractivity contribution in [1.82, 2.24) is 14.8 Å². The number of carbonyl (C=O) groups is 1. The van der Waals surface area contributed by atoms with Crippen LogP contribution in [-0.2, 0) is 4.79 Å². The molecule has 8 heteroatoms. The first kappa shape index (κ1) is 21.7. The fraction of sp³-hybridized carbons (Fsp3) is 0.318. The Labute approximate surface area is 180 Å². The molecule has 0 aliphatic heterocycles. The third-order valence-electron chi connectivity index (χ3n) is 4.10. The highest BCUT2D eigenvalue weighted by molar-refractivity contribution is 7.99. The molecule has 1 amide bonds. The summed E-state index contributed by atoms with van der Waals surface area (Å²) in [5, 5.41) is 12.1. The molecule has 0 aliphatic rings. The molecule has 0 aliphatic carbocycles. The van der Waals surface area contributed by atoms with E-state index in [-0.39, 0.29) is 5.91 Å². The van der Waals surface area contributed by atoms with Gasteiger partial charge < -0.3 is 14.8 Å². The van der Waals surface area contributed by atoms with E-state index in [0.717, 1.165) is 46.0 Å². The van der Waals surface area contributed by atoms with Crippen LogP contribution < -0.4 is 14.8 Å². The van der Waals surface area contributed by atoms with E-state index in [2.05, 4.69) is 22.4 Å². The summed E-state index contributed by atoms with van der Waals surface area (Å²) < 4.78 is 13.4. The molecule has 0 unspecified atom stereocenters. The van der Waals surface area contributed by atoms with Crippen molar-refractivity contribution in [2.24, 2.45) is 0 Å². The monoisotopic (exact) mass is 426 g/mol. The van der Waals surface area contributed by atoms with Gasteiger partial charge in [-0.15, -0.1) is 10.2 Å². The van der Waals surface area contributed by atoms with Crippen LogP contribution in [0.15, 0.2) is 53.7 Å². The SMILES string of the molecule is CCCOc1ccc(OCCSc2nnc(C)n2-c2cccc(NC(C)=O)c2)cc1. The highest BCUT2D eigenvalue weighted by Crippen LogP contribution is 2.24. The first-order valence-electron chi connectivity index (χ1n) is 9.85. The van der Waals surface area contributed by atoms with E-state index in [9.17, 15) is 4.79 Å². The minimum Gasteiger partial charge on any atom is -0.494 e. The van der Waals surface area contributed by atoms with Gasteiger partial charge in [-0.2, -0.15) is 0 Å². The second-order valence-electron chi connectivity index (χ2n) is 6.61. The highest BCUT2D eigenvalue weighted by Gasteiger charge is 2.12. The number of thioether (sulfide) groups is 1. The number of aromatic nitrogens is 3. The van der Waals surface area contributed by atoms with E-state index in [1.54, 1.807) is 11.8 Å². The minimum atomic E-state index is -0.107. The lowest BCUT2D eigenvalue weighted by Crippen LogP contribution is -2.07. The van der Waals surface area contributed by atoms with Gasteiger partial charge in [0.1, 0.15) is 17.3 Å². The van der Waals surface area contributed by atoms with Gasteiger partial charge in [-0.3, -0.25) is 9.36 Å². The molecular weight excluding hydrogens is 400 g/mol. The normalized spacial score (nSPS) is 10.6. The number of amides is 1. The van der Waals surface area contributed by atoms with Crippen molar-refractivity contribution in [3.05, 3.63) is 54.4 Å². The quantitative estimate of drug-likeness (QED) is 0.380. The lowest BCUT2D eigenvalue weighted by Gasteiger charge is -2.11. The average Bonchev–Trinajstić information content (AvgIpc) is 3.10. The summed E-state index contributed by atoms with van der Waals surface area (Å²) in [5.41, 5.74) is 1.63. The lowest BCUT2D eigenvalue weighted by atomic mass is 10.2. The number of hydrogen-bond donors (Lipinski definition) is 1. The third kappa shape index (κ3) is 6.00. The van der Waals surface area contributed by atoms with E-state index in [1.165, 1.54) is 6.92 Å². The number of carbonyl (C=O) groups excluding carboxylic acids is 1. The first-order chi connectivity index (χ1) is 14.6. The Balaban J connectivity index is 1.58. The van der Waals surface area contributed by atoms with E-state index in [4.69, 9.17) is 9.47 Å². The van der Waals surface area contributed by atoms with Crippen molar-refractivity contribution in [2.75, 3.05) is 24.3 Å². The van der Waals surface area contributed by atoms with Gasteiger partial charge in [0.15, 0.2) is 5.16 Å². The number of anilines is 1. The number of aryl methyl sites for hydroxylation is 1. The second kappa shape index (κ2) is 10.7. The Morgan fingerprint density at radius 2 is 1.77 bits per heavy atom. The van der Waals surface area contributed by atoms with Crippen LogP contribution in [0.3, 0.4) is 0 Å². The van der Waals surface area contributed by atoms with Crippen LogP contribution >= 0.6 is 11.8 Å². The molecular formula is C22H26N4O3S. The smallest absolute Gasteiger partial charge is 0.221 e. The molecule has 0 fully saturated rings. The predicted octanol–water partition coefficient (Wildman–Crippen LogP) is 4.49. The van der Waals surface area contributed by atoms with Crippen LogP contribution in [0.4, 0.5) is 5.69 Å². The van der Waals surface area contributed by atoms with Crippen LogP contribution in [0.2, 0.25) is 0 Å². The first-order valence-corrected chi connectivity index (χ1v) is 10.8. The third-order valence-corrected chi connectivity index (χ3v) is 4.99. The van der Waals surface area contributed by atoms with Crippen LogP contribution in [-0.4, -0.2) is 39.6 Å².